The SMILES string of the molecule is CCOC(=O)C1CCN(C(=O)CCSCc2ccccc2)CC1. The van der Waals surface area contributed by atoms with Gasteiger partial charge in [-0.1, -0.05) is 30.3 Å². The number of rotatable bonds is 7. The highest BCUT2D eigenvalue weighted by atomic mass is 32.2. The van der Waals surface area contributed by atoms with Gasteiger partial charge in [0.15, 0.2) is 0 Å². The van der Waals surface area contributed by atoms with Crippen molar-refractivity contribution in [1.82, 2.24) is 4.90 Å². The van der Waals surface area contributed by atoms with Gasteiger partial charge in [-0.3, -0.25) is 9.59 Å². The third-order valence-electron chi connectivity index (χ3n) is 4.04. The van der Waals surface area contributed by atoms with Crippen molar-refractivity contribution in [3.8, 4) is 0 Å². The lowest BCUT2D eigenvalue weighted by molar-refractivity contribution is -0.151. The van der Waals surface area contributed by atoms with Crippen molar-refractivity contribution >= 4 is 23.6 Å². The molecular formula is C18H25NO3S. The second-order valence-corrected chi connectivity index (χ2v) is 6.80. The van der Waals surface area contributed by atoms with Crippen molar-refractivity contribution in [2.75, 3.05) is 25.4 Å². The zero-order chi connectivity index (χ0) is 16.5. The molecule has 5 heteroatoms. The second-order valence-electron chi connectivity index (χ2n) is 5.70. The van der Waals surface area contributed by atoms with Gasteiger partial charge in [0.25, 0.3) is 0 Å². The van der Waals surface area contributed by atoms with E-state index in [9.17, 15) is 9.59 Å². The quantitative estimate of drug-likeness (QED) is 0.567. The van der Waals surface area contributed by atoms with Gasteiger partial charge >= 0.3 is 5.97 Å². The van der Waals surface area contributed by atoms with Crippen LogP contribution in [0.4, 0.5) is 0 Å². The first-order valence-electron chi connectivity index (χ1n) is 8.26. The molecule has 126 valence electrons. The summed E-state index contributed by atoms with van der Waals surface area (Å²) >= 11 is 1.79. The van der Waals surface area contributed by atoms with E-state index in [2.05, 4.69) is 12.1 Å². The van der Waals surface area contributed by atoms with Crippen LogP contribution in [0.1, 0.15) is 31.7 Å². The number of carbonyl (C=O) groups is 2. The zero-order valence-electron chi connectivity index (χ0n) is 13.7. The molecule has 0 aromatic heterocycles. The number of piperidine rings is 1. The molecule has 4 nitrogen and oxygen atoms in total. The van der Waals surface area contributed by atoms with Crippen molar-refractivity contribution in [3.63, 3.8) is 0 Å². The molecule has 0 atom stereocenters. The molecule has 0 N–H and O–H groups in total. The van der Waals surface area contributed by atoms with Gasteiger partial charge in [-0.2, -0.15) is 11.8 Å². The van der Waals surface area contributed by atoms with Gasteiger partial charge in [-0.05, 0) is 25.3 Å². The average molecular weight is 335 g/mol. The van der Waals surface area contributed by atoms with Gasteiger partial charge in [0.2, 0.25) is 5.91 Å². The van der Waals surface area contributed by atoms with E-state index in [-0.39, 0.29) is 17.8 Å². The first-order valence-corrected chi connectivity index (χ1v) is 9.42. The van der Waals surface area contributed by atoms with Crippen LogP contribution in [-0.4, -0.2) is 42.2 Å². The predicted octanol–water partition coefficient (Wildman–Crippen LogP) is 3.11. The smallest absolute Gasteiger partial charge is 0.309 e. The number of hydrogen-bond donors (Lipinski definition) is 0. The monoisotopic (exact) mass is 335 g/mol. The first kappa shape index (κ1) is 17.9. The third kappa shape index (κ3) is 5.90. The fraction of sp³-hybridized carbons (Fsp3) is 0.556. The topological polar surface area (TPSA) is 46.6 Å². The van der Waals surface area contributed by atoms with Gasteiger partial charge < -0.3 is 9.64 Å². The molecule has 1 heterocycles. The molecule has 23 heavy (non-hydrogen) atoms. The Morgan fingerprint density at radius 2 is 1.91 bits per heavy atom. The maximum Gasteiger partial charge on any atom is 0.309 e. The molecule has 1 aromatic rings. The molecule has 0 unspecified atom stereocenters. The van der Waals surface area contributed by atoms with Gasteiger partial charge in [0.1, 0.15) is 0 Å². The molecular weight excluding hydrogens is 310 g/mol. The fourth-order valence-corrected chi connectivity index (χ4v) is 3.60. The second kappa shape index (κ2) is 9.60. The maximum absolute atomic E-state index is 12.2. The summed E-state index contributed by atoms with van der Waals surface area (Å²) < 4.78 is 5.05. The highest BCUT2D eigenvalue weighted by Gasteiger charge is 2.27. The number of ether oxygens (including phenoxy) is 1. The van der Waals surface area contributed by atoms with Crippen molar-refractivity contribution < 1.29 is 14.3 Å². The summed E-state index contributed by atoms with van der Waals surface area (Å²) in [6.45, 7) is 3.59. The highest BCUT2D eigenvalue weighted by Crippen LogP contribution is 2.20. The zero-order valence-corrected chi connectivity index (χ0v) is 14.5. The molecule has 1 amide bonds. The Morgan fingerprint density at radius 3 is 2.57 bits per heavy atom. The van der Waals surface area contributed by atoms with Crippen LogP contribution in [-0.2, 0) is 20.1 Å². The standard InChI is InChI=1S/C18H25NO3S/c1-2-22-18(21)16-8-11-19(12-9-16)17(20)10-13-23-14-15-6-4-3-5-7-15/h3-7,16H,2,8-14H2,1H3. The Kier molecular flexibility index (Phi) is 7.46. The molecule has 2 rings (SSSR count). The molecule has 0 bridgehead atoms. The minimum absolute atomic E-state index is 0.0357. The van der Waals surface area contributed by atoms with E-state index in [4.69, 9.17) is 4.74 Å². The van der Waals surface area contributed by atoms with Crippen molar-refractivity contribution in [1.29, 1.82) is 0 Å². The number of carbonyl (C=O) groups excluding carboxylic acids is 2. The van der Waals surface area contributed by atoms with E-state index in [0.717, 1.165) is 24.3 Å². The third-order valence-corrected chi connectivity index (χ3v) is 5.07. The molecule has 1 aliphatic heterocycles. The predicted molar refractivity (Wildman–Crippen MR) is 93.2 cm³/mol. The molecule has 0 radical (unpaired) electrons. The number of esters is 1. The number of hydrogen-bond acceptors (Lipinski definition) is 4. The van der Waals surface area contributed by atoms with Crippen molar-refractivity contribution in [3.05, 3.63) is 35.9 Å². The maximum atomic E-state index is 12.2. The largest absolute Gasteiger partial charge is 0.466 e. The van der Waals surface area contributed by atoms with E-state index in [1.54, 1.807) is 11.8 Å². The van der Waals surface area contributed by atoms with E-state index in [1.165, 1.54) is 5.56 Å². The number of thioether (sulfide) groups is 1. The van der Waals surface area contributed by atoms with Gasteiger partial charge in [-0.15, -0.1) is 0 Å². The van der Waals surface area contributed by atoms with Gasteiger partial charge in [0, 0.05) is 31.0 Å². The first-order chi connectivity index (χ1) is 11.2. The lowest BCUT2D eigenvalue weighted by atomic mass is 9.97. The van der Waals surface area contributed by atoms with E-state index < -0.39 is 0 Å². The number of benzene rings is 1. The number of amides is 1. The summed E-state index contributed by atoms with van der Waals surface area (Å²) in [6, 6.07) is 10.3. The number of likely N-dealkylation sites (tertiary alicyclic amines) is 1. The van der Waals surface area contributed by atoms with Crippen LogP contribution in [0.5, 0.6) is 0 Å². The highest BCUT2D eigenvalue weighted by molar-refractivity contribution is 7.98. The molecule has 1 fully saturated rings. The van der Waals surface area contributed by atoms with Crippen LogP contribution >= 0.6 is 11.8 Å². The summed E-state index contributed by atoms with van der Waals surface area (Å²) in [5.41, 5.74) is 1.29. The van der Waals surface area contributed by atoms with Gasteiger partial charge in [-0.25, -0.2) is 0 Å². The fourth-order valence-electron chi connectivity index (χ4n) is 2.71. The van der Waals surface area contributed by atoms with Crippen molar-refractivity contribution in [2.24, 2.45) is 5.92 Å². The van der Waals surface area contributed by atoms with E-state index in [0.29, 0.717) is 26.1 Å². The Balaban J connectivity index is 1.62. The lowest BCUT2D eigenvalue weighted by Gasteiger charge is -2.31. The Hall–Kier alpha value is -1.49. The molecule has 0 aliphatic carbocycles. The molecule has 0 spiro atoms. The Morgan fingerprint density at radius 1 is 1.22 bits per heavy atom. The Labute approximate surface area is 142 Å². The Bertz CT molecular complexity index is 498. The van der Waals surface area contributed by atoms with E-state index >= 15 is 0 Å². The minimum Gasteiger partial charge on any atom is -0.466 e. The van der Waals surface area contributed by atoms with Crippen LogP contribution in [0.3, 0.4) is 0 Å². The van der Waals surface area contributed by atoms with Crippen LogP contribution in [0.15, 0.2) is 30.3 Å². The van der Waals surface area contributed by atoms with Crippen LogP contribution in [0.25, 0.3) is 0 Å². The lowest BCUT2D eigenvalue weighted by Crippen LogP contribution is -2.40. The molecule has 1 aromatic carbocycles. The van der Waals surface area contributed by atoms with Crippen molar-refractivity contribution in [2.45, 2.75) is 31.9 Å². The minimum atomic E-state index is -0.113. The summed E-state index contributed by atoms with van der Waals surface area (Å²) in [7, 11) is 0. The normalized spacial score (nSPS) is 15.4. The summed E-state index contributed by atoms with van der Waals surface area (Å²) in [6.07, 6.45) is 2.02. The molecule has 1 aliphatic rings. The summed E-state index contributed by atoms with van der Waals surface area (Å²) in [5.74, 6) is 1.84. The average Bonchev–Trinajstić information content (AvgIpc) is 2.60. The van der Waals surface area contributed by atoms with E-state index in [1.807, 2.05) is 30.0 Å². The van der Waals surface area contributed by atoms with Gasteiger partial charge in [0.05, 0.1) is 12.5 Å². The van der Waals surface area contributed by atoms with Crippen LogP contribution in [0.2, 0.25) is 0 Å². The summed E-state index contributed by atoms with van der Waals surface area (Å²) in [4.78, 5) is 25.8. The van der Waals surface area contributed by atoms with Crippen LogP contribution in [0, 0.1) is 5.92 Å². The molecule has 0 saturated carbocycles. The molecule has 1 saturated heterocycles. The number of nitrogens with zero attached hydrogens (tertiary/aromatic N) is 1. The summed E-state index contributed by atoms with van der Waals surface area (Å²) in [5, 5.41) is 0. The van der Waals surface area contributed by atoms with Crippen LogP contribution < -0.4 is 0 Å².